The Morgan fingerprint density at radius 3 is 2.95 bits per heavy atom. The lowest BCUT2D eigenvalue weighted by atomic mass is 9.77. The number of nitrogens with zero attached hydrogens (tertiary/aromatic N) is 2. The lowest BCUT2D eigenvalue weighted by Gasteiger charge is -2.40. The summed E-state index contributed by atoms with van der Waals surface area (Å²) >= 11 is 0. The number of primary amides is 1. The van der Waals surface area contributed by atoms with Crippen LogP contribution >= 0.6 is 0 Å². The van der Waals surface area contributed by atoms with Crippen molar-refractivity contribution in [1.29, 1.82) is 0 Å². The van der Waals surface area contributed by atoms with Crippen LogP contribution in [-0.2, 0) is 9.53 Å². The van der Waals surface area contributed by atoms with Crippen molar-refractivity contribution in [2.24, 2.45) is 11.1 Å². The van der Waals surface area contributed by atoms with Gasteiger partial charge in [0.2, 0.25) is 0 Å². The van der Waals surface area contributed by atoms with Crippen LogP contribution in [0.5, 0.6) is 0 Å². The van der Waals surface area contributed by atoms with E-state index in [0.717, 1.165) is 0 Å². The normalized spacial score (nSPS) is 21.6. The number of amides is 1. The van der Waals surface area contributed by atoms with Gasteiger partial charge in [-0.05, 0) is 31.4 Å². The molecule has 0 spiro atoms. The highest BCUT2D eigenvalue weighted by atomic mass is 16.5. The van der Waals surface area contributed by atoms with Crippen molar-refractivity contribution < 1.29 is 19.4 Å². The van der Waals surface area contributed by atoms with Gasteiger partial charge in [0.05, 0.1) is 11.0 Å². The summed E-state index contributed by atoms with van der Waals surface area (Å²) in [6.45, 7) is 1.33. The Bertz CT molecular complexity index is 563. The second-order valence-corrected chi connectivity index (χ2v) is 5.59. The SMILES string of the molecule is COCC[C@@]1(C(=O)O)CCCN(c2ncccc2C(N)=O)C1. The number of piperidine rings is 1. The first-order valence-corrected chi connectivity index (χ1v) is 7.22. The van der Waals surface area contributed by atoms with Crippen LogP contribution in [-0.4, -0.2) is 48.8 Å². The van der Waals surface area contributed by atoms with Gasteiger partial charge in [0, 0.05) is 33.0 Å². The van der Waals surface area contributed by atoms with Crippen LogP contribution in [0.2, 0.25) is 0 Å². The van der Waals surface area contributed by atoms with E-state index >= 15 is 0 Å². The molecule has 1 aliphatic heterocycles. The molecule has 1 aliphatic rings. The molecule has 7 heteroatoms. The molecule has 0 bridgehead atoms. The summed E-state index contributed by atoms with van der Waals surface area (Å²) in [6.07, 6.45) is 3.30. The van der Waals surface area contributed by atoms with E-state index in [9.17, 15) is 14.7 Å². The molecule has 0 unspecified atom stereocenters. The predicted octanol–water partition coefficient (Wildman–Crippen LogP) is 0.888. The van der Waals surface area contributed by atoms with Crippen LogP contribution in [0, 0.1) is 5.41 Å². The number of rotatable bonds is 6. The molecular weight excluding hydrogens is 286 g/mol. The maximum atomic E-state index is 11.8. The number of anilines is 1. The molecular formula is C15H21N3O4. The fourth-order valence-electron chi connectivity index (χ4n) is 2.94. The van der Waals surface area contributed by atoms with Gasteiger partial charge in [-0.3, -0.25) is 9.59 Å². The van der Waals surface area contributed by atoms with Gasteiger partial charge in [-0.15, -0.1) is 0 Å². The van der Waals surface area contributed by atoms with Crippen molar-refractivity contribution in [1.82, 2.24) is 4.98 Å². The number of aliphatic carboxylic acids is 1. The highest BCUT2D eigenvalue weighted by Gasteiger charge is 2.42. The van der Waals surface area contributed by atoms with E-state index in [-0.39, 0.29) is 0 Å². The Morgan fingerprint density at radius 2 is 2.32 bits per heavy atom. The van der Waals surface area contributed by atoms with E-state index < -0.39 is 17.3 Å². The summed E-state index contributed by atoms with van der Waals surface area (Å²) in [6, 6.07) is 3.25. The van der Waals surface area contributed by atoms with E-state index in [1.807, 2.05) is 4.90 Å². The summed E-state index contributed by atoms with van der Waals surface area (Å²) < 4.78 is 5.05. The zero-order valence-corrected chi connectivity index (χ0v) is 12.6. The van der Waals surface area contributed by atoms with E-state index in [1.54, 1.807) is 25.4 Å². The van der Waals surface area contributed by atoms with Crippen LogP contribution in [0.1, 0.15) is 29.6 Å². The molecule has 0 saturated carbocycles. The molecule has 1 aromatic heterocycles. The summed E-state index contributed by atoms with van der Waals surface area (Å²) in [5.41, 5.74) is 4.81. The van der Waals surface area contributed by atoms with Crippen LogP contribution in [0.3, 0.4) is 0 Å². The van der Waals surface area contributed by atoms with Gasteiger partial charge in [0.15, 0.2) is 0 Å². The highest BCUT2D eigenvalue weighted by Crippen LogP contribution is 2.36. The molecule has 7 nitrogen and oxygen atoms in total. The molecule has 3 N–H and O–H groups in total. The Labute approximate surface area is 129 Å². The van der Waals surface area contributed by atoms with Crippen LogP contribution in [0.15, 0.2) is 18.3 Å². The zero-order valence-electron chi connectivity index (χ0n) is 12.6. The van der Waals surface area contributed by atoms with Gasteiger partial charge in [-0.2, -0.15) is 0 Å². The number of carbonyl (C=O) groups excluding carboxylic acids is 1. The van der Waals surface area contributed by atoms with Gasteiger partial charge >= 0.3 is 5.97 Å². The third kappa shape index (κ3) is 3.19. The number of ether oxygens (including phenoxy) is 1. The minimum atomic E-state index is -0.888. The predicted molar refractivity (Wildman–Crippen MR) is 80.8 cm³/mol. The summed E-state index contributed by atoms with van der Waals surface area (Å²) in [7, 11) is 1.56. The number of hydrogen-bond donors (Lipinski definition) is 2. The number of carbonyl (C=O) groups is 2. The van der Waals surface area contributed by atoms with E-state index in [0.29, 0.717) is 50.3 Å². The highest BCUT2D eigenvalue weighted by molar-refractivity contribution is 5.97. The molecule has 0 aliphatic carbocycles. The van der Waals surface area contributed by atoms with Gasteiger partial charge in [-0.25, -0.2) is 4.98 Å². The van der Waals surface area contributed by atoms with E-state index in [2.05, 4.69) is 4.98 Å². The van der Waals surface area contributed by atoms with Crippen LogP contribution in [0.25, 0.3) is 0 Å². The molecule has 1 aromatic rings. The smallest absolute Gasteiger partial charge is 0.311 e. The topological polar surface area (TPSA) is 106 Å². The van der Waals surface area contributed by atoms with Crippen molar-refractivity contribution >= 4 is 17.7 Å². The van der Waals surface area contributed by atoms with Crippen molar-refractivity contribution in [2.45, 2.75) is 19.3 Å². The van der Waals surface area contributed by atoms with Gasteiger partial charge in [-0.1, -0.05) is 0 Å². The maximum Gasteiger partial charge on any atom is 0.311 e. The van der Waals surface area contributed by atoms with Gasteiger partial charge in [0.1, 0.15) is 5.82 Å². The second-order valence-electron chi connectivity index (χ2n) is 5.59. The molecule has 1 amide bonds. The quantitative estimate of drug-likeness (QED) is 0.808. The molecule has 120 valence electrons. The first-order chi connectivity index (χ1) is 10.5. The molecule has 1 saturated heterocycles. The fraction of sp³-hybridized carbons (Fsp3) is 0.533. The van der Waals surface area contributed by atoms with Crippen LogP contribution < -0.4 is 10.6 Å². The lowest BCUT2D eigenvalue weighted by Crippen LogP contribution is -2.49. The van der Waals surface area contributed by atoms with Crippen molar-refractivity contribution in [2.75, 3.05) is 31.7 Å². The molecule has 2 rings (SSSR count). The van der Waals surface area contributed by atoms with Crippen molar-refractivity contribution in [3.8, 4) is 0 Å². The number of carboxylic acid groups (broad SMARTS) is 1. The molecule has 0 radical (unpaired) electrons. The summed E-state index contributed by atoms with van der Waals surface area (Å²) in [5.74, 6) is -0.949. The Morgan fingerprint density at radius 1 is 1.55 bits per heavy atom. The molecule has 1 atom stereocenters. The molecule has 0 aromatic carbocycles. The fourth-order valence-corrected chi connectivity index (χ4v) is 2.94. The number of aromatic nitrogens is 1. The van der Waals surface area contributed by atoms with Crippen molar-refractivity contribution in [3.05, 3.63) is 23.9 Å². The number of methoxy groups -OCH3 is 1. The largest absolute Gasteiger partial charge is 0.481 e. The molecule has 2 heterocycles. The average molecular weight is 307 g/mol. The third-order valence-electron chi connectivity index (χ3n) is 4.17. The first-order valence-electron chi connectivity index (χ1n) is 7.22. The number of carboxylic acids is 1. The maximum absolute atomic E-state index is 11.8. The van der Waals surface area contributed by atoms with Crippen LogP contribution in [0.4, 0.5) is 5.82 Å². The second kappa shape index (κ2) is 6.74. The van der Waals surface area contributed by atoms with E-state index in [4.69, 9.17) is 10.5 Å². The lowest BCUT2D eigenvalue weighted by molar-refractivity contribution is -0.150. The third-order valence-corrected chi connectivity index (χ3v) is 4.17. The number of pyridine rings is 1. The average Bonchev–Trinajstić information content (AvgIpc) is 2.53. The zero-order chi connectivity index (χ0) is 16.2. The monoisotopic (exact) mass is 307 g/mol. The minimum Gasteiger partial charge on any atom is -0.481 e. The molecule has 1 fully saturated rings. The van der Waals surface area contributed by atoms with Gasteiger partial charge in [0.25, 0.3) is 5.91 Å². The van der Waals surface area contributed by atoms with Gasteiger partial charge < -0.3 is 20.5 Å². The Balaban J connectivity index is 2.30. The number of nitrogens with two attached hydrogens (primary N) is 1. The summed E-state index contributed by atoms with van der Waals surface area (Å²) in [5, 5.41) is 9.66. The number of hydrogen-bond acceptors (Lipinski definition) is 5. The Hall–Kier alpha value is -2.15. The Kier molecular flexibility index (Phi) is 4.97. The molecule has 22 heavy (non-hydrogen) atoms. The first kappa shape index (κ1) is 16.2. The van der Waals surface area contributed by atoms with Crippen molar-refractivity contribution in [3.63, 3.8) is 0 Å². The van der Waals surface area contributed by atoms with E-state index in [1.165, 1.54) is 0 Å². The standard InChI is InChI=1S/C15H21N3O4/c1-22-9-6-15(14(20)21)5-3-8-18(10-15)13-11(12(16)19)4-2-7-17-13/h2,4,7H,3,5-6,8-10H2,1H3,(H2,16,19)(H,20,21)/t15-/m0/s1. The minimum absolute atomic E-state index is 0.295. The summed E-state index contributed by atoms with van der Waals surface area (Å²) in [4.78, 5) is 29.4.